The zero-order valence-corrected chi connectivity index (χ0v) is 10.5. The third-order valence-corrected chi connectivity index (χ3v) is 1.78. The molecule has 0 saturated carbocycles. The largest absolute Gasteiger partial charge is 0.697 e. The van der Waals surface area contributed by atoms with Gasteiger partial charge in [0.25, 0.3) is 0 Å². The number of ether oxygens (including phenoxy) is 1. The van der Waals surface area contributed by atoms with E-state index in [-0.39, 0.29) is 5.97 Å². The van der Waals surface area contributed by atoms with Gasteiger partial charge in [-0.25, -0.2) is 0 Å². The highest BCUT2D eigenvalue weighted by molar-refractivity contribution is 7.33. The highest BCUT2D eigenvalue weighted by Gasteiger charge is 2.15. The summed E-state index contributed by atoms with van der Waals surface area (Å²) in [6.45, 7) is 7.56. The molecule has 0 aliphatic rings. The van der Waals surface area contributed by atoms with Crippen molar-refractivity contribution in [2.45, 2.75) is 27.7 Å². The van der Waals surface area contributed by atoms with E-state index in [0.29, 0.717) is 13.2 Å². The van der Waals surface area contributed by atoms with Gasteiger partial charge in [-0.2, -0.15) is 0 Å². The Morgan fingerprint density at radius 3 is 1.93 bits per heavy atom. The molecule has 0 aromatic carbocycles. The molecule has 5 nitrogen and oxygen atoms in total. The quantitative estimate of drug-likeness (QED) is 0.418. The first-order valence-electron chi connectivity index (χ1n) is 4.59. The number of hydrogen-bond acceptors (Lipinski definition) is 5. The number of allylic oxidation sites excluding steroid dienone is 1. The van der Waals surface area contributed by atoms with Gasteiger partial charge in [-0.3, -0.25) is 4.79 Å². The lowest BCUT2D eigenvalue weighted by Gasteiger charge is -1.85. The molecule has 0 aromatic heterocycles. The second-order valence-corrected chi connectivity index (χ2v) is 3.10. The second-order valence-electron chi connectivity index (χ2n) is 2.14. The molecule has 0 aliphatic carbocycles. The summed E-state index contributed by atoms with van der Waals surface area (Å²) in [5.41, 5.74) is 0. The van der Waals surface area contributed by atoms with Crippen molar-refractivity contribution in [3.8, 4) is 0 Å². The van der Waals surface area contributed by atoms with Crippen LogP contribution in [0.3, 0.4) is 0 Å². The van der Waals surface area contributed by atoms with Crippen LogP contribution in [0.15, 0.2) is 12.3 Å². The Bertz CT molecular complexity index is 195. The van der Waals surface area contributed by atoms with Crippen LogP contribution in [0.4, 0.5) is 0 Å². The maximum atomic E-state index is 10.3. The molecule has 0 atom stereocenters. The van der Waals surface area contributed by atoms with E-state index in [2.05, 4.69) is 13.8 Å². The van der Waals surface area contributed by atoms with Crippen LogP contribution in [-0.4, -0.2) is 19.2 Å². The lowest BCUT2D eigenvalue weighted by molar-refractivity contribution is -0.135. The van der Waals surface area contributed by atoms with Crippen molar-refractivity contribution in [2.75, 3.05) is 13.2 Å². The number of esters is 1. The number of carbonyl (C=O) groups excluding carboxylic acids is 1. The van der Waals surface area contributed by atoms with Crippen molar-refractivity contribution in [3.05, 3.63) is 12.3 Å². The van der Waals surface area contributed by atoms with Crippen molar-refractivity contribution in [1.82, 2.24) is 0 Å². The summed E-state index contributed by atoms with van der Waals surface area (Å²) in [6.07, 6.45) is 3.00. The van der Waals surface area contributed by atoms with Crippen LogP contribution in [0.2, 0.25) is 0 Å². The fraction of sp³-hybridized carbons (Fsp3) is 0.667. The molecule has 0 saturated heterocycles. The van der Waals surface area contributed by atoms with Crippen molar-refractivity contribution in [1.29, 1.82) is 0 Å². The van der Waals surface area contributed by atoms with Crippen molar-refractivity contribution in [2.24, 2.45) is 0 Å². The molecule has 0 spiro atoms. The van der Waals surface area contributed by atoms with Gasteiger partial charge in [0.1, 0.15) is 13.2 Å². The van der Waals surface area contributed by atoms with E-state index in [9.17, 15) is 9.36 Å². The highest BCUT2D eigenvalue weighted by Crippen LogP contribution is 2.21. The molecule has 0 aromatic rings. The SMILES string of the molecule is CC=COC(C)=O.CCO[P+](=O)OCC. The summed E-state index contributed by atoms with van der Waals surface area (Å²) in [7, 11) is -1.83. The summed E-state index contributed by atoms with van der Waals surface area (Å²) < 4.78 is 23.9. The van der Waals surface area contributed by atoms with Gasteiger partial charge in [0, 0.05) is 11.5 Å². The standard InChI is InChI=1S/C5H8O2.C4H10O3P/c1-3-4-7-5(2)6;1-3-6-8(5)7-4-2/h3-4H,1-2H3;3-4H2,1-2H3/q;+1. The lowest BCUT2D eigenvalue weighted by atomic mass is 10.7. The topological polar surface area (TPSA) is 61.8 Å². The van der Waals surface area contributed by atoms with Gasteiger partial charge in [0.2, 0.25) is 0 Å². The molecular weight excluding hydrogens is 219 g/mol. The minimum atomic E-state index is -1.83. The predicted molar refractivity (Wildman–Crippen MR) is 57.4 cm³/mol. The normalized spacial score (nSPS) is 9.33. The smallest absolute Gasteiger partial charge is 0.435 e. The lowest BCUT2D eigenvalue weighted by Crippen LogP contribution is -1.88. The molecule has 0 N–H and O–H groups in total. The van der Waals surface area contributed by atoms with Crippen LogP contribution < -0.4 is 0 Å². The molecule has 0 bridgehead atoms. The van der Waals surface area contributed by atoms with Gasteiger partial charge >= 0.3 is 14.2 Å². The summed E-state index contributed by atoms with van der Waals surface area (Å²) in [5.74, 6) is -0.280. The molecule has 0 amide bonds. The van der Waals surface area contributed by atoms with E-state index in [0.717, 1.165) is 0 Å². The van der Waals surface area contributed by atoms with Crippen LogP contribution >= 0.6 is 8.25 Å². The van der Waals surface area contributed by atoms with E-state index in [1.54, 1.807) is 26.8 Å². The monoisotopic (exact) mass is 237 g/mol. The minimum Gasteiger partial charge on any atom is -0.435 e. The van der Waals surface area contributed by atoms with E-state index in [4.69, 9.17) is 0 Å². The zero-order valence-electron chi connectivity index (χ0n) is 9.56. The Hall–Kier alpha value is -0.770. The van der Waals surface area contributed by atoms with Gasteiger partial charge in [-0.15, -0.1) is 9.05 Å². The van der Waals surface area contributed by atoms with Crippen molar-refractivity contribution < 1.29 is 23.1 Å². The van der Waals surface area contributed by atoms with Gasteiger partial charge in [-0.1, -0.05) is 6.08 Å². The predicted octanol–water partition coefficient (Wildman–Crippen LogP) is 2.80. The Kier molecular flexibility index (Phi) is 14.7. The molecule has 0 aliphatic heterocycles. The first kappa shape index (κ1) is 16.7. The fourth-order valence-electron chi connectivity index (χ4n) is 0.412. The molecule has 0 rings (SSSR count). The van der Waals surface area contributed by atoms with Crippen molar-refractivity contribution in [3.63, 3.8) is 0 Å². The summed E-state index contributed by atoms with van der Waals surface area (Å²) in [4.78, 5) is 9.93. The molecular formula is C9H18O5P+. The summed E-state index contributed by atoms with van der Waals surface area (Å²) >= 11 is 0. The Balaban J connectivity index is 0. The maximum absolute atomic E-state index is 10.3. The first-order valence-corrected chi connectivity index (χ1v) is 5.69. The van der Waals surface area contributed by atoms with E-state index >= 15 is 0 Å². The second kappa shape index (κ2) is 13.2. The summed E-state index contributed by atoms with van der Waals surface area (Å²) in [6, 6.07) is 0. The summed E-state index contributed by atoms with van der Waals surface area (Å²) in [5, 5.41) is 0. The third kappa shape index (κ3) is 19.6. The van der Waals surface area contributed by atoms with Gasteiger partial charge in [0.15, 0.2) is 0 Å². The van der Waals surface area contributed by atoms with Gasteiger partial charge in [-0.05, 0) is 20.8 Å². The molecule has 6 heteroatoms. The first-order chi connectivity index (χ1) is 7.08. The molecule has 0 fully saturated rings. The van der Waals surface area contributed by atoms with Crippen LogP contribution in [0, 0.1) is 0 Å². The zero-order chi connectivity index (χ0) is 12.1. The van der Waals surface area contributed by atoms with E-state index < -0.39 is 8.25 Å². The third-order valence-electron chi connectivity index (χ3n) is 0.839. The molecule has 15 heavy (non-hydrogen) atoms. The number of rotatable bonds is 5. The molecule has 0 radical (unpaired) electrons. The van der Waals surface area contributed by atoms with Crippen LogP contribution in [0.1, 0.15) is 27.7 Å². The van der Waals surface area contributed by atoms with Crippen LogP contribution in [0.25, 0.3) is 0 Å². The average Bonchev–Trinajstić information content (AvgIpc) is 2.16. The minimum absolute atomic E-state index is 0.280. The highest BCUT2D eigenvalue weighted by atomic mass is 31.1. The molecule has 0 unspecified atom stereocenters. The van der Waals surface area contributed by atoms with E-state index in [1.165, 1.54) is 13.2 Å². The van der Waals surface area contributed by atoms with Crippen LogP contribution in [-0.2, 0) is 23.1 Å². The fourth-order valence-corrected chi connectivity index (χ4v) is 0.908. The number of carbonyl (C=O) groups is 1. The van der Waals surface area contributed by atoms with E-state index in [1.807, 2.05) is 0 Å². The maximum Gasteiger partial charge on any atom is 0.697 e. The Morgan fingerprint density at radius 1 is 1.27 bits per heavy atom. The van der Waals surface area contributed by atoms with Gasteiger partial charge in [0.05, 0.1) is 6.26 Å². The van der Waals surface area contributed by atoms with Crippen LogP contribution in [0.5, 0.6) is 0 Å². The number of hydrogen-bond donors (Lipinski definition) is 0. The average molecular weight is 237 g/mol. The van der Waals surface area contributed by atoms with Crippen molar-refractivity contribution >= 4 is 14.2 Å². The Labute approximate surface area is 91.4 Å². The Morgan fingerprint density at radius 2 is 1.73 bits per heavy atom. The molecule has 0 heterocycles. The molecule has 88 valence electrons. The van der Waals surface area contributed by atoms with Gasteiger partial charge < -0.3 is 4.74 Å².